The molecule has 0 saturated carbocycles. The zero-order chi connectivity index (χ0) is 17.7. The summed E-state index contributed by atoms with van der Waals surface area (Å²) >= 11 is 0. The highest BCUT2D eigenvalue weighted by Gasteiger charge is 2.25. The molecule has 0 aromatic carbocycles. The molecule has 0 bridgehead atoms. The third-order valence-corrected chi connectivity index (χ3v) is 3.57. The molecule has 0 radical (unpaired) electrons. The zero-order valence-electron chi connectivity index (χ0n) is 13.6. The van der Waals surface area contributed by atoms with Crippen LogP contribution in [0.25, 0.3) is 6.08 Å². The number of pyridine rings is 1. The van der Waals surface area contributed by atoms with Gasteiger partial charge < -0.3 is 5.32 Å². The van der Waals surface area contributed by atoms with Crippen molar-refractivity contribution >= 4 is 23.6 Å². The Morgan fingerprint density at radius 1 is 1.38 bits per heavy atom. The molecular formula is C17H17N5O2. The third-order valence-electron chi connectivity index (χ3n) is 3.57. The smallest absolute Gasteiger partial charge is 0.250 e. The summed E-state index contributed by atoms with van der Waals surface area (Å²) in [4.78, 5) is 28.2. The number of nitriles is 1. The number of aromatic nitrogens is 3. The number of carbonyl (C=O) groups is 2. The van der Waals surface area contributed by atoms with Crippen molar-refractivity contribution in [2.45, 2.75) is 13.8 Å². The van der Waals surface area contributed by atoms with Crippen LogP contribution in [0.3, 0.4) is 0 Å². The van der Waals surface area contributed by atoms with Gasteiger partial charge in [0.2, 0.25) is 0 Å². The first kappa shape index (κ1) is 17.1. The maximum Gasteiger partial charge on any atom is 0.250 e. The summed E-state index contributed by atoms with van der Waals surface area (Å²) in [6, 6.07) is 6.70. The van der Waals surface area contributed by atoms with Crippen LogP contribution in [0.4, 0.5) is 5.82 Å². The lowest BCUT2D eigenvalue weighted by Gasteiger charge is -2.06. The number of carbonyl (C=O) groups excluding carboxylic acids is 2. The maximum absolute atomic E-state index is 12.2. The van der Waals surface area contributed by atoms with Crippen molar-refractivity contribution in [2.75, 3.05) is 5.32 Å². The third kappa shape index (κ3) is 3.73. The number of amides is 1. The molecular weight excluding hydrogens is 306 g/mol. The Morgan fingerprint density at radius 3 is 2.67 bits per heavy atom. The minimum atomic E-state index is -1.43. The van der Waals surface area contributed by atoms with Crippen molar-refractivity contribution in [1.82, 2.24) is 14.8 Å². The van der Waals surface area contributed by atoms with Gasteiger partial charge in [0.25, 0.3) is 5.91 Å². The second kappa shape index (κ2) is 7.33. The number of hydrogen-bond acceptors (Lipinski definition) is 5. The van der Waals surface area contributed by atoms with Gasteiger partial charge in [-0.05, 0) is 38.1 Å². The van der Waals surface area contributed by atoms with Gasteiger partial charge in [-0.15, -0.1) is 0 Å². The van der Waals surface area contributed by atoms with Crippen molar-refractivity contribution in [2.24, 2.45) is 13.0 Å². The van der Waals surface area contributed by atoms with E-state index in [2.05, 4.69) is 15.4 Å². The topological polar surface area (TPSA) is 101 Å². The van der Waals surface area contributed by atoms with E-state index in [4.69, 9.17) is 5.26 Å². The van der Waals surface area contributed by atoms with E-state index in [1.807, 2.05) is 13.8 Å². The van der Waals surface area contributed by atoms with Gasteiger partial charge in [0.15, 0.2) is 11.7 Å². The fourth-order valence-corrected chi connectivity index (χ4v) is 2.18. The van der Waals surface area contributed by atoms with Crippen LogP contribution in [0, 0.1) is 31.1 Å². The highest BCUT2D eigenvalue weighted by atomic mass is 16.2. The van der Waals surface area contributed by atoms with Crippen LogP contribution >= 0.6 is 0 Å². The summed E-state index contributed by atoms with van der Waals surface area (Å²) in [5.41, 5.74) is 2.46. The number of nitrogens with one attached hydrogen (secondary N) is 1. The van der Waals surface area contributed by atoms with Crippen LogP contribution in [-0.2, 0) is 16.6 Å². The largest absolute Gasteiger partial charge is 0.309 e. The van der Waals surface area contributed by atoms with Crippen molar-refractivity contribution in [1.29, 1.82) is 5.26 Å². The van der Waals surface area contributed by atoms with Crippen molar-refractivity contribution < 1.29 is 9.59 Å². The van der Waals surface area contributed by atoms with Gasteiger partial charge in [-0.25, -0.2) is 4.98 Å². The lowest BCUT2D eigenvalue weighted by atomic mass is 10.0. The lowest BCUT2D eigenvalue weighted by molar-refractivity contribution is -0.126. The standard InChI is InChI=1S/C17H17N5O2/c1-11-13(12(2)22(3)21-11)7-8-15(23)14(10-18)17(24)20-16-6-4-5-9-19-16/h4-9,14H,1-3H3,(H,19,20,24)/b8-7+. The molecule has 2 heterocycles. The predicted octanol–water partition coefficient (Wildman–Crippen LogP) is 1.79. The average Bonchev–Trinajstić information content (AvgIpc) is 2.79. The van der Waals surface area contributed by atoms with Crippen molar-refractivity contribution in [3.05, 3.63) is 47.4 Å². The molecule has 2 aromatic rings. The van der Waals surface area contributed by atoms with Crippen LogP contribution in [0.2, 0.25) is 0 Å². The van der Waals surface area contributed by atoms with Gasteiger partial charge in [0.1, 0.15) is 5.82 Å². The minimum absolute atomic E-state index is 0.290. The summed E-state index contributed by atoms with van der Waals surface area (Å²) in [5.74, 6) is -2.43. The molecule has 0 spiro atoms. The van der Waals surface area contributed by atoms with Crippen LogP contribution in [0.15, 0.2) is 30.5 Å². The maximum atomic E-state index is 12.2. The van der Waals surface area contributed by atoms with Gasteiger partial charge in [-0.3, -0.25) is 14.3 Å². The fraction of sp³-hybridized carbons (Fsp3) is 0.235. The predicted molar refractivity (Wildman–Crippen MR) is 88.7 cm³/mol. The Kier molecular flexibility index (Phi) is 5.22. The summed E-state index contributed by atoms with van der Waals surface area (Å²) in [5, 5.41) is 15.9. The molecule has 24 heavy (non-hydrogen) atoms. The number of anilines is 1. The lowest BCUT2D eigenvalue weighted by Crippen LogP contribution is -2.27. The molecule has 2 aromatic heterocycles. The SMILES string of the molecule is Cc1nn(C)c(C)c1/C=C/C(=O)C(C#N)C(=O)Nc1ccccn1. The Bertz CT molecular complexity index is 831. The molecule has 1 amide bonds. The van der Waals surface area contributed by atoms with E-state index in [1.54, 1.807) is 42.1 Å². The van der Waals surface area contributed by atoms with Gasteiger partial charge in [0.05, 0.1) is 11.8 Å². The van der Waals surface area contributed by atoms with E-state index in [9.17, 15) is 9.59 Å². The number of rotatable bonds is 5. The van der Waals surface area contributed by atoms with Crippen molar-refractivity contribution in [3.8, 4) is 6.07 Å². The van der Waals surface area contributed by atoms with E-state index in [1.165, 1.54) is 12.3 Å². The number of aryl methyl sites for hydroxylation is 2. The molecule has 1 atom stereocenters. The molecule has 7 heteroatoms. The molecule has 1 unspecified atom stereocenters. The first-order valence-corrected chi connectivity index (χ1v) is 7.27. The summed E-state index contributed by atoms with van der Waals surface area (Å²) in [7, 11) is 1.81. The van der Waals surface area contributed by atoms with Crippen LogP contribution in [0.5, 0.6) is 0 Å². The van der Waals surface area contributed by atoms with Gasteiger partial charge in [-0.2, -0.15) is 10.4 Å². The molecule has 0 aliphatic heterocycles. The molecule has 7 nitrogen and oxygen atoms in total. The van der Waals surface area contributed by atoms with Crippen LogP contribution < -0.4 is 5.32 Å². The second-order valence-corrected chi connectivity index (χ2v) is 5.21. The molecule has 0 saturated heterocycles. The van der Waals surface area contributed by atoms with Crippen LogP contribution in [-0.4, -0.2) is 26.5 Å². The Labute approximate surface area is 139 Å². The fourth-order valence-electron chi connectivity index (χ4n) is 2.18. The summed E-state index contributed by atoms with van der Waals surface area (Å²) < 4.78 is 1.70. The van der Waals surface area contributed by atoms with E-state index < -0.39 is 17.6 Å². The van der Waals surface area contributed by atoms with E-state index in [0.29, 0.717) is 5.82 Å². The first-order valence-electron chi connectivity index (χ1n) is 7.27. The number of ketones is 1. The monoisotopic (exact) mass is 323 g/mol. The molecule has 1 N–H and O–H groups in total. The molecule has 0 aliphatic rings. The minimum Gasteiger partial charge on any atom is -0.309 e. The van der Waals surface area contributed by atoms with E-state index in [-0.39, 0.29) is 0 Å². The molecule has 122 valence electrons. The van der Waals surface area contributed by atoms with Gasteiger partial charge in [-0.1, -0.05) is 6.07 Å². The normalized spacial score (nSPS) is 11.9. The molecule has 0 fully saturated rings. The van der Waals surface area contributed by atoms with Crippen molar-refractivity contribution in [3.63, 3.8) is 0 Å². The number of allylic oxidation sites excluding steroid dienone is 1. The highest BCUT2D eigenvalue weighted by molar-refractivity contribution is 6.14. The van der Waals surface area contributed by atoms with Gasteiger partial charge in [0, 0.05) is 24.5 Å². The summed E-state index contributed by atoms with van der Waals surface area (Å²) in [6.45, 7) is 3.70. The van der Waals surface area contributed by atoms with Crippen LogP contribution in [0.1, 0.15) is 17.0 Å². The Morgan fingerprint density at radius 2 is 2.12 bits per heavy atom. The van der Waals surface area contributed by atoms with E-state index in [0.717, 1.165) is 17.0 Å². The second-order valence-electron chi connectivity index (χ2n) is 5.21. The zero-order valence-corrected chi connectivity index (χ0v) is 13.6. The molecule has 2 rings (SSSR count). The van der Waals surface area contributed by atoms with E-state index >= 15 is 0 Å². The molecule has 0 aliphatic carbocycles. The quantitative estimate of drug-likeness (QED) is 0.668. The highest BCUT2D eigenvalue weighted by Crippen LogP contribution is 2.14. The number of nitrogens with zero attached hydrogens (tertiary/aromatic N) is 4. The summed E-state index contributed by atoms with van der Waals surface area (Å²) in [6.07, 6.45) is 4.33. The Balaban J connectivity index is 2.13. The van der Waals surface area contributed by atoms with Gasteiger partial charge >= 0.3 is 0 Å². The first-order chi connectivity index (χ1) is 11.4. The Hall–Kier alpha value is -3.27. The number of hydrogen-bond donors (Lipinski definition) is 1. The average molecular weight is 323 g/mol.